The number of ether oxygens (including phenoxy) is 2. The molecule has 0 unspecified atom stereocenters. The zero-order valence-electron chi connectivity index (χ0n) is 17.9. The lowest BCUT2D eigenvalue weighted by Crippen LogP contribution is -2.42. The molecule has 0 aliphatic carbocycles. The number of H-pyrrole nitrogens is 1. The van der Waals surface area contributed by atoms with Crippen LogP contribution in [0.15, 0.2) is 42.7 Å². The van der Waals surface area contributed by atoms with Crippen LogP contribution < -0.4 is 10.1 Å². The molecule has 0 radical (unpaired) electrons. The number of nitrogens with one attached hydrogen (secondary N) is 2. The number of anilines is 2. The number of rotatable bonds is 6. The summed E-state index contributed by atoms with van der Waals surface area (Å²) in [5, 5.41) is 11.1. The van der Waals surface area contributed by atoms with Gasteiger partial charge in [-0.25, -0.2) is 14.8 Å². The Morgan fingerprint density at radius 3 is 2.66 bits per heavy atom. The Kier molecular flexibility index (Phi) is 6.75. The number of amides is 1. The lowest BCUT2D eigenvalue weighted by molar-refractivity contribution is 0.0507. The van der Waals surface area contributed by atoms with Gasteiger partial charge in [0.05, 0.1) is 11.8 Å². The summed E-state index contributed by atoms with van der Waals surface area (Å²) < 4.78 is 11.3. The standard InChI is InChI=1S/C22H25ClN6O3/c1-14(2)31-22(30)29-9-7-17(8-10-29)32-21-12-19(24-13-25-21)26-20-11-18(27-28-20)15-3-5-16(23)6-4-15/h3-6,11-14,17H,7-10H2,1-2H3,(H2,24,25,26,27,28). The van der Waals surface area contributed by atoms with Gasteiger partial charge in [0, 0.05) is 48.6 Å². The molecule has 32 heavy (non-hydrogen) atoms. The van der Waals surface area contributed by atoms with Gasteiger partial charge in [-0.05, 0) is 26.0 Å². The Bertz CT molecular complexity index is 1050. The first-order valence-corrected chi connectivity index (χ1v) is 10.9. The molecular formula is C22H25ClN6O3. The van der Waals surface area contributed by atoms with Gasteiger partial charge < -0.3 is 19.7 Å². The second-order valence-corrected chi connectivity index (χ2v) is 8.21. The van der Waals surface area contributed by atoms with Gasteiger partial charge in [0.2, 0.25) is 5.88 Å². The third kappa shape index (κ3) is 5.67. The number of likely N-dealkylation sites (tertiary alicyclic amines) is 1. The number of hydrogen-bond donors (Lipinski definition) is 2. The van der Waals surface area contributed by atoms with Gasteiger partial charge in [-0.3, -0.25) is 5.10 Å². The molecule has 1 aliphatic heterocycles. The number of piperidine rings is 1. The van der Waals surface area contributed by atoms with Crippen molar-refractivity contribution in [1.29, 1.82) is 0 Å². The van der Waals surface area contributed by atoms with E-state index in [1.165, 1.54) is 6.33 Å². The van der Waals surface area contributed by atoms with Crippen molar-refractivity contribution in [2.24, 2.45) is 0 Å². The summed E-state index contributed by atoms with van der Waals surface area (Å²) in [6, 6.07) is 11.1. The molecule has 2 aromatic heterocycles. The summed E-state index contributed by atoms with van der Waals surface area (Å²) >= 11 is 5.95. The van der Waals surface area contributed by atoms with E-state index < -0.39 is 0 Å². The smallest absolute Gasteiger partial charge is 0.410 e. The summed E-state index contributed by atoms with van der Waals surface area (Å²) in [6.45, 7) is 4.87. The molecule has 1 fully saturated rings. The van der Waals surface area contributed by atoms with Crippen LogP contribution in [0.5, 0.6) is 5.88 Å². The van der Waals surface area contributed by atoms with Gasteiger partial charge in [0.1, 0.15) is 24.1 Å². The Hall–Kier alpha value is -3.33. The van der Waals surface area contributed by atoms with Crippen molar-refractivity contribution in [3.05, 3.63) is 47.7 Å². The summed E-state index contributed by atoms with van der Waals surface area (Å²) in [5.74, 6) is 1.75. The van der Waals surface area contributed by atoms with Crippen molar-refractivity contribution in [2.45, 2.75) is 38.9 Å². The minimum Gasteiger partial charge on any atom is -0.474 e. The fourth-order valence-corrected chi connectivity index (χ4v) is 3.49. The maximum Gasteiger partial charge on any atom is 0.410 e. The van der Waals surface area contributed by atoms with Crippen molar-refractivity contribution in [1.82, 2.24) is 25.1 Å². The van der Waals surface area contributed by atoms with Crippen molar-refractivity contribution in [2.75, 3.05) is 18.4 Å². The number of carbonyl (C=O) groups is 1. The van der Waals surface area contributed by atoms with Crippen LogP contribution in [0.25, 0.3) is 11.3 Å². The molecule has 4 rings (SSSR count). The maximum atomic E-state index is 12.0. The van der Waals surface area contributed by atoms with E-state index in [9.17, 15) is 4.79 Å². The largest absolute Gasteiger partial charge is 0.474 e. The van der Waals surface area contributed by atoms with Gasteiger partial charge in [0.25, 0.3) is 0 Å². The lowest BCUT2D eigenvalue weighted by Gasteiger charge is -2.31. The number of aromatic amines is 1. The highest BCUT2D eigenvalue weighted by molar-refractivity contribution is 6.30. The second kappa shape index (κ2) is 9.86. The van der Waals surface area contributed by atoms with E-state index in [0.29, 0.717) is 48.5 Å². The monoisotopic (exact) mass is 456 g/mol. The number of aromatic nitrogens is 4. The molecule has 0 bridgehead atoms. The Morgan fingerprint density at radius 2 is 1.94 bits per heavy atom. The molecule has 0 atom stereocenters. The van der Waals surface area contributed by atoms with Crippen molar-refractivity contribution in [3.63, 3.8) is 0 Å². The average Bonchev–Trinajstić information content (AvgIpc) is 3.23. The fourth-order valence-electron chi connectivity index (χ4n) is 3.37. The summed E-state index contributed by atoms with van der Waals surface area (Å²) in [6.07, 6.45) is 2.45. The van der Waals surface area contributed by atoms with E-state index in [1.54, 1.807) is 11.0 Å². The minimum atomic E-state index is -0.274. The molecule has 0 spiro atoms. The molecule has 1 aliphatic rings. The summed E-state index contributed by atoms with van der Waals surface area (Å²) in [4.78, 5) is 22.2. The van der Waals surface area contributed by atoms with Crippen LogP contribution in [0.1, 0.15) is 26.7 Å². The van der Waals surface area contributed by atoms with Gasteiger partial charge in [-0.1, -0.05) is 23.7 Å². The summed E-state index contributed by atoms with van der Waals surface area (Å²) in [5.41, 5.74) is 1.74. The number of hydrogen-bond acceptors (Lipinski definition) is 7. The Balaban J connectivity index is 1.33. The van der Waals surface area contributed by atoms with Gasteiger partial charge in [-0.2, -0.15) is 5.10 Å². The Labute approximate surface area is 191 Å². The molecule has 2 N–H and O–H groups in total. The third-order valence-electron chi connectivity index (χ3n) is 4.95. The van der Waals surface area contributed by atoms with Crippen molar-refractivity contribution in [3.8, 4) is 17.1 Å². The highest BCUT2D eigenvalue weighted by Crippen LogP contribution is 2.24. The average molecular weight is 457 g/mol. The zero-order chi connectivity index (χ0) is 22.5. The predicted molar refractivity (Wildman–Crippen MR) is 121 cm³/mol. The molecule has 3 heterocycles. The molecule has 3 aromatic rings. The first kappa shape index (κ1) is 21.9. The van der Waals surface area contributed by atoms with E-state index in [0.717, 1.165) is 11.3 Å². The summed E-state index contributed by atoms with van der Waals surface area (Å²) in [7, 11) is 0. The van der Waals surface area contributed by atoms with Crippen LogP contribution in [0, 0.1) is 0 Å². The van der Waals surface area contributed by atoms with Crippen molar-refractivity contribution < 1.29 is 14.3 Å². The van der Waals surface area contributed by atoms with Crippen molar-refractivity contribution >= 4 is 29.3 Å². The first-order valence-electron chi connectivity index (χ1n) is 10.5. The molecule has 1 amide bonds. The van der Waals surface area contributed by atoms with Crippen LogP contribution in [0.2, 0.25) is 5.02 Å². The molecule has 0 saturated carbocycles. The SMILES string of the molecule is CC(C)OC(=O)N1CCC(Oc2cc(Nc3cc(-c4ccc(Cl)cc4)n[nH]3)ncn2)CC1. The predicted octanol–water partition coefficient (Wildman–Crippen LogP) is 4.65. The van der Waals surface area contributed by atoms with Gasteiger partial charge in [0.15, 0.2) is 0 Å². The zero-order valence-corrected chi connectivity index (χ0v) is 18.7. The van der Waals surface area contributed by atoms with Crippen LogP contribution in [-0.4, -0.2) is 56.5 Å². The minimum absolute atomic E-state index is 0.0236. The number of benzene rings is 1. The molecule has 168 valence electrons. The molecule has 1 saturated heterocycles. The molecule has 9 nitrogen and oxygen atoms in total. The van der Waals surface area contributed by atoms with E-state index >= 15 is 0 Å². The van der Waals surface area contributed by atoms with E-state index in [-0.39, 0.29) is 18.3 Å². The number of halogens is 1. The van der Waals surface area contributed by atoms with E-state index in [1.807, 2.05) is 44.2 Å². The Morgan fingerprint density at radius 1 is 1.19 bits per heavy atom. The molecular weight excluding hydrogens is 432 g/mol. The number of nitrogens with zero attached hydrogens (tertiary/aromatic N) is 4. The van der Waals surface area contributed by atoms with Crippen LogP contribution in [0.3, 0.4) is 0 Å². The lowest BCUT2D eigenvalue weighted by atomic mass is 10.1. The first-order chi connectivity index (χ1) is 15.5. The van der Waals surface area contributed by atoms with Gasteiger partial charge in [-0.15, -0.1) is 0 Å². The third-order valence-corrected chi connectivity index (χ3v) is 5.20. The topological polar surface area (TPSA) is 105 Å². The van der Waals surface area contributed by atoms with E-state index in [4.69, 9.17) is 21.1 Å². The van der Waals surface area contributed by atoms with E-state index in [2.05, 4.69) is 25.5 Å². The van der Waals surface area contributed by atoms with Crippen LogP contribution in [0.4, 0.5) is 16.4 Å². The van der Waals surface area contributed by atoms with Gasteiger partial charge >= 0.3 is 6.09 Å². The molecule has 10 heteroatoms. The normalized spacial score (nSPS) is 14.4. The highest BCUT2D eigenvalue weighted by atomic mass is 35.5. The molecule has 1 aromatic carbocycles. The van der Waals surface area contributed by atoms with Crippen LogP contribution >= 0.6 is 11.6 Å². The highest BCUT2D eigenvalue weighted by Gasteiger charge is 2.25. The fraction of sp³-hybridized carbons (Fsp3) is 0.364. The number of carbonyl (C=O) groups excluding carboxylic acids is 1. The quantitative estimate of drug-likeness (QED) is 0.556. The maximum absolute atomic E-state index is 12.0. The second-order valence-electron chi connectivity index (χ2n) is 7.78. The van der Waals surface area contributed by atoms with Crippen LogP contribution in [-0.2, 0) is 4.74 Å².